The monoisotopic (exact) mass is 530 g/mol. The highest BCUT2D eigenvalue weighted by Gasteiger charge is 2.35. The van der Waals surface area contributed by atoms with Gasteiger partial charge < -0.3 is 20.3 Å². The van der Waals surface area contributed by atoms with Gasteiger partial charge in [-0.15, -0.1) is 11.3 Å². The molecule has 3 heterocycles. The van der Waals surface area contributed by atoms with Crippen molar-refractivity contribution in [1.82, 2.24) is 15.3 Å². The number of aryl methyl sites for hydroxylation is 1. The van der Waals surface area contributed by atoms with Crippen molar-refractivity contribution in [2.24, 2.45) is 0 Å². The van der Waals surface area contributed by atoms with Crippen LogP contribution in [0.5, 0.6) is 0 Å². The number of nitrogens with one attached hydrogen (secondary N) is 2. The second-order valence-corrected chi connectivity index (χ2v) is 11.0. The second kappa shape index (κ2) is 10.5. The molecule has 0 saturated carbocycles. The van der Waals surface area contributed by atoms with E-state index in [1.165, 1.54) is 11.3 Å². The zero-order valence-electron chi connectivity index (χ0n) is 21.7. The minimum Gasteiger partial charge on any atom is -0.372 e. The van der Waals surface area contributed by atoms with Gasteiger partial charge >= 0.3 is 0 Å². The number of nitrogens with zero attached hydrogens (tertiary/aromatic N) is 4. The smallest absolute Gasteiger partial charge is 0.251 e. The Balaban J connectivity index is 1.19. The summed E-state index contributed by atoms with van der Waals surface area (Å²) in [6, 6.07) is 13.6. The van der Waals surface area contributed by atoms with Crippen LogP contribution in [0.3, 0.4) is 0 Å². The number of thiazole rings is 1. The van der Waals surface area contributed by atoms with Crippen LogP contribution in [-0.4, -0.2) is 53.6 Å². The molecule has 10 heteroatoms. The van der Waals surface area contributed by atoms with Crippen molar-refractivity contribution in [2.75, 3.05) is 29.9 Å². The van der Waals surface area contributed by atoms with Crippen molar-refractivity contribution in [3.8, 4) is 17.5 Å². The number of hydrogen-bond acceptors (Lipinski definition) is 8. The van der Waals surface area contributed by atoms with E-state index in [1.54, 1.807) is 12.1 Å². The fourth-order valence-electron chi connectivity index (χ4n) is 5.07. The van der Waals surface area contributed by atoms with Crippen molar-refractivity contribution in [3.05, 3.63) is 58.5 Å². The lowest BCUT2D eigenvalue weighted by Gasteiger charge is -2.36. The number of nitriles is 1. The Morgan fingerprint density at radius 2 is 1.97 bits per heavy atom. The van der Waals surface area contributed by atoms with Crippen LogP contribution in [-0.2, 0) is 21.4 Å². The van der Waals surface area contributed by atoms with Crippen LogP contribution >= 0.6 is 11.3 Å². The van der Waals surface area contributed by atoms with Gasteiger partial charge in [-0.3, -0.25) is 9.59 Å². The van der Waals surface area contributed by atoms with Crippen LogP contribution in [0.2, 0.25) is 0 Å². The van der Waals surface area contributed by atoms with Gasteiger partial charge in [0.15, 0.2) is 5.13 Å². The first kappa shape index (κ1) is 25.8. The number of carbonyl (C=O) groups excluding carboxylic acids is 2. The number of anilines is 2. The van der Waals surface area contributed by atoms with Crippen LogP contribution < -0.4 is 15.5 Å². The Hall–Kier alpha value is -3.81. The molecule has 5 rings (SSSR count). The molecule has 3 atom stereocenters. The maximum absolute atomic E-state index is 12.7. The molecule has 0 unspecified atom stereocenters. The lowest BCUT2D eigenvalue weighted by molar-refractivity contribution is -0.115. The Morgan fingerprint density at radius 3 is 2.74 bits per heavy atom. The van der Waals surface area contributed by atoms with Gasteiger partial charge in [0.05, 0.1) is 35.9 Å². The van der Waals surface area contributed by atoms with Crippen LogP contribution in [0.1, 0.15) is 48.7 Å². The van der Waals surface area contributed by atoms with Gasteiger partial charge in [-0.25, -0.2) is 9.97 Å². The number of aromatic nitrogens is 2. The average Bonchev–Trinajstić information content (AvgIpc) is 3.51. The molecular weight excluding hydrogens is 500 g/mol. The van der Waals surface area contributed by atoms with E-state index in [0.29, 0.717) is 16.4 Å². The lowest BCUT2D eigenvalue weighted by Crippen LogP contribution is -2.45. The van der Waals surface area contributed by atoms with Gasteiger partial charge in [0, 0.05) is 24.0 Å². The predicted octanol–water partition coefficient (Wildman–Crippen LogP) is 3.91. The topological polar surface area (TPSA) is 120 Å². The highest BCUT2D eigenvalue weighted by Crippen LogP contribution is 2.38. The lowest BCUT2D eigenvalue weighted by atomic mass is 9.85. The van der Waals surface area contributed by atoms with Crippen molar-refractivity contribution < 1.29 is 14.3 Å². The molecule has 1 aromatic carbocycles. The van der Waals surface area contributed by atoms with Gasteiger partial charge in [-0.2, -0.15) is 5.26 Å². The van der Waals surface area contributed by atoms with Gasteiger partial charge in [-0.1, -0.05) is 12.1 Å². The molecule has 0 spiro atoms. The number of fused-ring (bicyclic) bond motifs is 1. The Morgan fingerprint density at radius 1 is 1.18 bits per heavy atom. The van der Waals surface area contributed by atoms with E-state index in [2.05, 4.69) is 40.4 Å². The molecule has 2 aliphatic rings. The van der Waals surface area contributed by atoms with Gasteiger partial charge in [0.25, 0.3) is 5.91 Å². The third kappa shape index (κ3) is 5.39. The van der Waals surface area contributed by atoms with Crippen molar-refractivity contribution in [1.29, 1.82) is 5.26 Å². The molecule has 1 aliphatic carbocycles. The van der Waals surface area contributed by atoms with Crippen LogP contribution in [0, 0.1) is 11.3 Å². The molecule has 3 aromatic rings. The van der Waals surface area contributed by atoms with Crippen molar-refractivity contribution >= 4 is 34.1 Å². The zero-order chi connectivity index (χ0) is 26.9. The van der Waals surface area contributed by atoms with Crippen LogP contribution in [0.25, 0.3) is 11.4 Å². The normalized spacial score (nSPS) is 22.4. The maximum Gasteiger partial charge on any atom is 0.251 e. The molecule has 2 aromatic heterocycles. The van der Waals surface area contributed by atoms with Crippen LogP contribution in [0.4, 0.5) is 10.9 Å². The third-order valence-corrected chi connectivity index (χ3v) is 7.77. The molecule has 0 radical (unpaired) electrons. The van der Waals surface area contributed by atoms with E-state index in [9.17, 15) is 14.9 Å². The number of ether oxygens (including phenoxy) is 1. The fraction of sp³-hybridized carbons (Fsp3) is 0.393. The maximum atomic E-state index is 12.7. The number of carbonyl (C=O) groups is 2. The van der Waals surface area contributed by atoms with Crippen LogP contribution in [0.15, 0.2) is 41.8 Å². The standard InChI is InChI=1S/C28H30N6O3S/c1-17-13-34(14-18(2)37-17)24-6-4-5-22(31-24)23-15-38-27(32-23)33-25(35)12-30-26(36)20-8-7-19-9-10-28(3,16-29)21(19)11-20/h4-8,11,15,17-18H,9-10,12-14H2,1-3H3,(H,30,36)(H,32,33,35)/t17-,18+,28-/m0/s1. The number of hydrogen-bond donors (Lipinski definition) is 2. The predicted molar refractivity (Wildman–Crippen MR) is 146 cm³/mol. The first-order chi connectivity index (χ1) is 18.2. The molecule has 0 bridgehead atoms. The molecule has 2 N–H and O–H groups in total. The highest BCUT2D eigenvalue weighted by atomic mass is 32.1. The average molecular weight is 531 g/mol. The minimum absolute atomic E-state index is 0.131. The number of morpholine rings is 1. The third-order valence-electron chi connectivity index (χ3n) is 7.01. The summed E-state index contributed by atoms with van der Waals surface area (Å²) in [5.41, 5.74) is 3.23. The van der Waals surface area contributed by atoms with E-state index < -0.39 is 5.41 Å². The molecule has 2 amide bonds. The first-order valence-corrected chi connectivity index (χ1v) is 13.6. The molecule has 1 fully saturated rings. The highest BCUT2D eigenvalue weighted by molar-refractivity contribution is 7.14. The summed E-state index contributed by atoms with van der Waals surface area (Å²) in [6.45, 7) is 7.36. The van der Waals surface area contributed by atoms with E-state index >= 15 is 0 Å². The Kier molecular flexibility index (Phi) is 7.15. The number of pyridine rings is 1. The summed E-state index contributed by atoms with van der Waals surface area (Å²) in [7, 11) is 0. The summed E-state index contributed by atoms with van der Waals surface area (Å²) < 4.78 is 5.82. The van der Waals surface area contributed by atoms with Crippen molar-refractivity contribution in [2.45, 2.75) is 51.2 Å². The Labute approximate surface area is 225 Å². The molecular formula is C28H30N6O3S. The fourth-order valence-corrected chi connectivity index (χ4v) is 5.79. The van der Waals surface area contributed by atoms with Crippen molar-refractivity contribution in [3.63, 3.8) is 0 Å². The molecule has 1 aliphatic heterocycles. The first-order valence-electron chi connectivity index (χ1n) is 12.7. The zero-order valence-corrected chi connectivity index (χ0v) is 22.5. The second-order valence-electron chi connectivity index (χ2n) is 10.1. The Bertz CT molecular complexity index is 1410. The minimum atomic E-state index is -0.584. The van der Waals surface area contributed by atoms with E-state index in [4.69, 9.17) is 9.72 Å². The summed E-state index contributed by atoms with van der Waals surface area (Å²) >= 11 is 1.30. The molecule has 38 heavy (non-hydrogen) atoms. The number of rotatable bonds is 6. The van der Waals surface area contributed by atoms with E-state index in [1.807, 2.05) is 36.6 Å². The summed E-state index contributed by atoms with van der Waals surface area (Å²) in [5, 5.41) is 17.3. The van der Waals surface area contributed by atoms with E-state index in [0.717, 1.165) is 48.6 Å². The summed E-state index contributed by atoms with van der Waals surface area (Å²) in [6.07, 6.45) is 1.83. The largest absolute Gasteiger partial charge is 0.372 e. The molecule has 196 valence electrons. The SMILES string of the molecule is C[C@@H]1CN(c2cccc(-c3csc(NC(=O)CNC(=O)c4ccc5c(c4)[C@](C)(C#N)CC5)n3)n2)C[C@H](C)O1. The van der Waals surface area contributed by atoms with E-state index in [-0.39, 0.29) is 30.6 Å². The molecule has 9 nitrogen and oxygen atoms in total. The summed E-state index contributed by atoms with van der Waals surface area (Å²) in [5.74, 6) is 0.135. The number of benzene rings is 1. The quantitative estimate of drug-likeness (QED) is 0.496. The number of amides is 2. The molecule has 1 saturated heterocycles. The van der Waals surface area contributed by atoms with Gasteiger partial charge in [0.1, 0.15) is 11.5 Å². The summed E-state index contributed by atoms with van der Waals surface area (Å²) in [4.78, 5) is 36.7. The van der Waals surface area contributed by atoms with Gasteiger partial charge in [0.2, 0.25) is 5.91 Å². The van der Waals surface area contributed by atoms with Gasteiger partial charge in [-0.05, 0) is 69.0 Å².